The Morgan fingerprint density at radius 3 is 2.41 bits per heavy atom. The zero-order chi connectivity index (χ0) is 22.9. The van der Waals surface area contributed by atoms with E-state index in [2.05, 4.69) is 5.32 Å². The number of nitro groups is 1. The summed E-state index contributed by atoms with van der Waals surface area (Å²) in [5, 5.41) is 13.6. The minimum Gasteiger partial charge on any atom is -0.489 e. The molecule has 0 unspecified atom stereocenters. The number of esters is 1. The first-order valence-electron chi connectivity index (χ1n) is 9.85. The van der Waals surface area contributed by atoms with Crippen LogP contribution < -0.4 is 10.1 Å². The van der Waals surface area contributed by atoms with Crippen LogP contribution in [-0.4, -0.2) is 30.0 Å². The molecule has 1 amide bonds. The number of carbonyl (C=O) groups is 2. The van der Waals surface area contributed by atoms with Crippen molar-refractivity contribution in [2.45, 2.75) is 19.1 Å². The average molecular weight is 434 g/mol. The normalized spacial score (nSPS) is 11.3. The molecule has 0 fully saturated rings. The van der Waals surface area contributed by atoms with E-state index in [1.54, 1.807) is 18.2 Å². The quantitative estimate of drug-likeness (QED) is 0.313. The average Bonchev–Trinajstić information content (AvgIpc) is 2.82. The van der Waals surface area contributed by atoms with Crippen LogP contribution in [0.25, 0.3) is 0 Å². The van der Waals surface area contributed by atoms with Crippen molar-refractivity contribution < 1.29 is 24.0 Å². The Kier molecular flexibility index (Phi) is 7.53. The molecular weight excluding hydrogens is 412 g/mol. The predicted octanol–water partition coefficient (Wildman–Crippen LogP) is 3.69. The number of benzene rings is 3. The Morgan fingerprint density at radius 2 is 1.69 bits per heavy atom. The van der Waals surface area contributed by atoms with Crippen LogP contribution in [0.1, 0.15) is 21.5 Å². The van der Waals surface area contributed by atoms with Crippen LogP contribution in [0, 0.1) is 10.1 Å². The summed E-state index contributed by atoms with van der Waals surface area (Å²) in [4.78, 5) is 35.2. The smallest absolute Gasteiger partial charge is 0.328 e. The highest BCUT2D eigenvalue weighted by molar-refractivity contribution is 5.97. The number of amides is 1. The lowest BCUT2D eigenvalue weighted by molar-refractivity contribution is -0.384. The second-order valence-corrected chi connectivity index (χ2v) is 6.98. The van der Waals surface area contributed by atoms with Gasteiger partial charge in [-0.05, 0) is 29.3 Å². The van der Waals surface area contributed by atoms with Crippen LogP contribution in [0.3, 0.4) is 0 Å². The molecule has 0 saturated heterocycles. The molecule has 3 aromatic carbocycles. The Balaban J connectivity index is 1.70. The maximum absolute atomic E-state index is 12.6. The van der Waals surface area contributed by atoms with Gasteiger partial charge in [-0.15, -0.1) is 0 Å². The number of ether oxygens (including phenoxy) is 2. The second-order valence-electron chi connectivity index (χ2n) is 6.98. The summed E-state index contributed by atoms with van der Waals surface area (Å²) in [6.07, 6.45) is 0.163. The Morgan fingerprint density at radius 1 is 0.969 bits per heavy atom. The fourth-order valence-electron chi connectivity index (χ4n) is 3.08. The lowest BCUT2D eigenvalue weighted by Gasteiger charge is -2.17. The highest BCUT2D eigenvalue weighted by Crippen LogP contribution is 2.18. The molecule has 1 N–H and O–H groups in total. The lowest BCUT2D eigenvalue weighted by atomic mass is 10.0. The maximum atomic E-state index is 12.6. The lowest BCUT2D eigenvalue weighted by Crippen LogP contribution is -2.43. The summed E-state index contributed by atoms with van der Waals surface area (Å²) < 4.78 is 10.6. The Hall–Kier alpha value is -4.20. The second kappa shape index (κ2) is 10.7. The first-order valence-corrected chi connectivity index (χ1v) is 9.85. The molecule has 1 atom stereocenters. The molecule has 0 spiro atoms. The first kappa shape index (κ1) is 22.5. The van der Waals surface area contributed by atoms with Gasteiger partial charge >= 0.3 is 5.97 Å². The molecule has 0 heterocycles. The standard InChI is InChI=1S/C24H22N2O6/c1-31-24(28)22(25-23(27)19-10-6-11-20(15-19)26(29)30)14-18-9-5-12-21(13-18)32-16-17-7-3-2-4-8-17/h2-13,15,22H,14,16H2,1H3,(H,25,27)/t22-/m1/s1. The molecule has 8 heteroatoms. The minimum absolute atomic E-state index is 0.0769. The fourth-order valence-corrected chi connectivity index (χ4v) is 3.08. The first-order chi connectivity index (χ1) is 15.5. The molecule has 0 aliphatic carbocycles. The van der Waals surface area contributed by atoms with Crippen molar-refractivity contribution in [3.63, 3.8) is 0 Å². The van der Waals surface area contributed by atoms with E-state index in [1.165, 1.54) is 25.3 Å². The van der Waals surface area contributed by atoms with E-state index in [-0.39, 0.29) is 17.7 Å². The van der Waals surface area contributed by atoms with Crippen LogP contribution in [0.4, 0.5) is 5.69 Å². The third kappa shape index (κ3) is 6.15. The van der Waals surface area contributed by atoms with Gasteiger partial charge in [-0.2, -0.15) is 0 Å². The zero-order valence-electron chi connectivity index (χ0n) is 17.4. The van der Waals surface area contributed by atoms with E-state index in [0.29, 0.717) is 12.4 Å². The van der Waals surface area contributed by atoms with Gasteiger partial charge in [0.1, 0.15) is 18.4 Å². The largest absolute Gasteiger partial charge is 0.489 e. The van der Waals surface area contributed by atoms with Gasteiger partial charge in [0.05, 0.1) is 12.0 Å². The number of hydrogen-bond acceptors (Lipinski definition) is 6. The summed E-state index contributed by atoms with van der Waals surface area (Å²) >= 11 is 0. The van der Waals surface area contributed by atoms with Crippen LogP contribution in [0.15, 0.2) is 78.9 Å². The maximum Gasteiger partial charge on any atom is 0.328 e. The Labute approximate surface area is 184 Å². The van der Waals surface area contributed by atoms with E-state index in [9.17, 15) is 19.7 Å². The molecule has 0 bridgehead atoms. The monoisotopic (exact) mass is 434 g/mol. The van der Waals surface area contributed by atoms with Gasteiger partial charge in [0.2, 0.25) is 0 Å². The summed E-state index contributed by atoms with van der Waals surface area (Å²) in [7, 11) is 1.23. The van der Waals surface area contributed by atoms with E-state index in [4.69, 9.17) is 9.47 Å². The third-order valence-electron chi connectivity index (χ3n) is 4.70. The highest BCUT2D eigenvalue weighted by Gasteiger charge is 2.23. The predicted molar refractivity (Wildman–Crippen MR) is 117 cm³/mol. The van der Waals surface area contributed by atoms with Crippen LogP contribution in [-0.2, 0) is 22.6 Å². The van der Waals surface area contributed by atoms with Gasteiger partial charge in [0.15, 0.2) is 0 Å². The van der Waals surface area contributed by atoms with E-state index < -0.39 is 22.8 Å². The molecule has 3 rings (SSSR count). The number of carbonyl (C=O) groups excluding carboxylic acids is 2. The summed E-state index contributed by atoms with van der Waals surface area (Å²) in [5.74, 6) is -0.611. The minimum atomic E-state index is -0.976. The summed E-state index contributed by atoms with van der Waals surface area (Å²) in [6.45, 7) is 0.397. The van der Waals surface area contributed by atoms with Gasteiger partial charge in [-0.3, -0.25) is 14.9 Å². The molecule has 3 aromatic rings. The molecule has 164 valence electrons. The number of nitrogens with one attached hydrogen (secondary N) is 1. The number of non-ortho nitro benzene ring substituents is 1. The van der Waals surface area contributed by atoms with E-state index in [0.717, 1.165) is 17.2 Å². The Bertz CT molecular complexity index is 1100. The fraction of sp³-hybridized carbons (Fsp3) is 0.167. The van der Waals surface area contributed by atoms with Crippen molar-refractivity contribution in [1.82, 2.24) is 5.32 Å². The molecule has 32 heavy (non-hydrogen) atoms. The van der Waals surface area contributed by atoms with Crippen molar-refractivity contribution in [3.05, 3.63) is 106 Å². The highest BCUT2D eigenvalue weighted by atomic mass is 16.6. The van der Waals surface area contributed by atoms with E-state index in [1.807, 2.05) is 36.4 Å². The molecule has 8 nitrogen and oxygen atoms in total. The molecule has 0 aromatic heterocycles. The number of nitrogens with zero attached hydrogens (tertiary/aromatic N) is 1. The molecule has 0 aliphatic heterocycles. The number of rotatable bonds is 9. The van der Waals surface area contributed by atoms with Gasteiger partial charge in [-0.1, -0.05) is 48.5 Å². The summed E-state index contributed by atoms with van der Waals surface area (Å²) in [5.41, 5.74) is 1.64. The van der Waals surface area contributed by atoms with Gasteiger partial charge in [0, 0.05) is 24.1 Å². The number of hydrogen-bond donors (Lipinski definition) is 1. The van der Waals surface area contributed by atoms with Crippen LogP contribution >= 0.6 is 0 Å². The molecule has 0 saturated carbocycles. The number of nitro benzene ring substituents is 1. The van der Waals surface area contributed by atoms with Gasteiger partial charge < -0.3 is 14.8 Å². The summed E-state index contributed by atoms with van der Waals surface area (Å²) in [6, 6.07) is 21.2. The van der Waals surface area contributed by atoms with Crippen molar-refractivity contribution in [2.75, 3.05) is 7.11 Å². The van der Waals surface area contributed by atoms with Crippen molar-refractivity contribution in [1.29, 1.82) is 0 Å². The zero-order valence-corrected chi connectivity index (χ0v) is 17.4. The molecule has 0 radical (unpaired) electrons. The molecular formula is C24H22N2O6. The van der Waals surface area contributed by atoms with Crippen molar-refractivity contribution in [3.8, 4) is 5.75 Å². The van der Waals surface area contributed by atoms with Crippen molar-refractivity contribution in [2.24, 2.45) is 0 Å². The van der Waals surface area contributed by atoms with Crippen LogP contribution in [0.2, 0.25) is 0 Å². The van der Waals surface area contributed by atoms with Crippen molar-refractivity contribution >= 4 is 17.6 Å². The van der Waals surface area contributed by atoms with E-state index >= 15 is 0 Å². The topological polar surface area (TPSA) is 108 Å². The number of methoxy groups -OCH3 is 1. The molecule has 0 aliphatic rings. The van der Waals surface area contributed by atoms with Gasteiger partial charge in [-0.25, -0.2) is 4.79 Å². The van der Waals surface area contributed by atoms with Gasteiger partial charge in [0.25, 0.3) is 11.6 Å². The third-order valence-corrected chi connectivity index (χ3v) is 4.70. The SMILES string of the molecule is COC(=O)[C@@H](Cc1cccc(OCc2ccccc2)c1)NC(=O)c1cccc([N+](=O)[O-])c1. The van der Waals surface area contributed by atoms with Crippen LogP contribution in [0.5, 0.6) is 5.75 Å².